The lowest BCUT2D eigenvalue weighted by molar-refractivity contribution is -0.0670. The lowest BCUT2D eigenvalue weighted by Crippen LogP contribution is -2.59. The van der Waals surface area contributed by atoms with Crippen molar-refractivity contribution in [2.75, 3.05) is 20.3 Å². The molecule has 2 aliphatic rings. The van der Waals surface area contributed by atoms with Crippen LogP contribution in [-0.2, 0) is 4.74 Å². The summed E-state index contributed by atoms with van der Waals surface area (Å²) in [5.74, 6) is -0.153. The minimum atomic E-state index is -2.71. The zero-order chi connectivity index (χ0) is 20.8. The second-order valence-electron chi connectivity index (χ2n) is 8.04. The first-order chi connectivity index (χ1) is 14.5. The van der Waals surface area contributed by atoms with E-state index in [4.69, 9.17) is 4.74 Å². The van der Waals surface area contributed by atoms with Gasteiger partial charge in [-0.15, -0.1) is 0 Å². The Balaban J connectivity index is 1.43. The Morgan fingerprint density at radius 2 is 1.93 bits per heavy atom. The molecule has 0 radical (unpaired) electrons. The number of nitrogens with zero attached hydrogens (tertiary/aromatic N) is 4. The van der Waals surface area contributed by atoms with E-state index < -0.39 is 6.55 Å². The van der Waals surface area contributed by atoms with Gasteiger partial charge in [0.2, 0.25) is 0 Å². The van der Waals surface area contributed by atoms with E-state index in [0.29, 0.717) is 41.2 Å². The van der Waals surface area contributed by atoms with Crippen molar-refractivity contribution in [3.63, 3.8) is 0 Å². The second kappa shape index (κ2) is 7.48. The predicted octanol–water partition coefficient (Wildman–Crippen LogP) is 2.81. The van der Waals surface area contributed by atoms with Crippen molar-refractivity contribution in [1.29, 1.82) is 0 Å². The third-order valence-electron chi connectivity index (χ3n) is 6.24. The maximum atomic E-state index is 13.2. The molecule has 9 heteroatoms. The van der Waals surface area contributed by atoms with Crippen molar-refractivity contribution in [2.45, 2.75) is 37.5 Å². The molecule has 0 spiro atoms. The number of likely N-dealkylation sites (N-methyl/N-ethyl adjacent to an activating group) is 1. The molecule has 3 atom stereocenters. The number of morpholine rings is 1. The van der Waals surface area contributed by atoms with E-state index in [1.54, 1.807) is 10.8 Å². The number of aromatic nitrogens is 3. The van der Waals surface area contributed by atoms with Crippen LogP contribution in [0.2, 0.25) is 0 Å². The third-order valence-corrected chi connectivity index (χ3v) is 6.24. The van der Waals surface area contributed by atoms with Crippen LogP contribution in [0.15, 0.2) is 42.9 Å². The Kier molecular flexibility index (Phi) is 4.79. The molecule has 0 saturated carbocycles. The number of amides is 1. The van der Waals surface area contributed by atoms with Crippen molar-refractivity contribution in [3.05, 3.63) is 48.4 Å². The van der Waals surface area contributed by atoms with Crippen LogP contribution >= 0.6 is 0 Å². The number of fused-ring (bicyclic) bond motifs is 3. The van der Waals surface area contributed by atoms with Gasteiger partial charge in [0, 0.05) is 29.7 Å². The molecule has 1 amide bonds. The van der Waals surface area contributed by atoms with E-state index in [9.17, 15) is 13.6 Å². The fraction of sp³-hybridized carbons (Fsp3) is 0.429. The fourth-order valence-electron chi connectivity index (χ4n) is 4.61. The van der Waals surface area contributed by atoms with Gasteiger partial charge in [0.05, 0.1) is 42.4 Å². The molecular weight excluding hydrogens is 392 g/mol. The van der Waals surface area contributed by atoms with Gasteiger partial charge in [-0.1, -0.05) is 18.2 Å². The third kappa shape index (κ3) is 3.27. The molecule has 5 rings (SSSR count). The highest BCUT2D eigenvalue weighted by molar-refractivity contribution is 6.07. The number of benzene rings is 1. The van der Waals surface area contributed by atoms with Gasteiger partial charge in [0.1, 0.15) is 0 Å². The van der Waals surface area contributed by atoms with Gasteiger partial charge in [0.25, 0.3) is 5.91 Å². The summed E-state index contributed by atoms with van der Waals surface area (Å²) in [6.45, 7) is -1.34. The zero-order valence-corrected chi connectivity index (χ0v) is 16.5. The largest absolute Gasteiger partial charge is 0.378 e. The van der Waals surface area contributed by atoms with Gasteiger partial charge in [-0.3, -0.25) is 9.69 Å². The van der Waals surface area contributed by atoms with Crippen LogP contribution in [0.25, 0.3) is 16.6 Å². The number of carbonyl (C=O) groups is 1. The van der Waals surface area contributed by atoms with Gasteiger partial charge in [0.15, 0.2) is 0 Å². The predicted molar refractivity (Wildman–Crippen MR) is 107 cm³/mol. The molecule has 2 aromatic heterocycles. The molecule has 2 aliphatic heterocycles. The highest BCUT2D eigenvalue weighted by Crippen LogP contribution is 2.28. The number of hydrogen-bond donors (Lipinski definition) is 1. The quantitative estimate of drug-likeness (QED) is 0.712. The smallest absolute Gasteiger partial charge is 0.333 e. The number of piperidine rings is 1. The standard InChI is InChI=1S/C21H23F2N5O2/c1-26-14-6-13(7-15(26)12-30-11-14)25-20(29)18-10-27(19-5-3-2-4-17(18)19)16-8-24-28(9-16)21(22)23/h2-5,8-10,13-15,21H,6-7,11-12H2,1H3,(H,25,29)/t13-,14-,15+. The first-order valence-electron chi connectivity index (χ1n) is 10.0. The van der Waals surface area contributed by atoms with E-state index in [-0.39, 0.29) is 11.9 Å². The Hall–Kier alpha value is -2.78. The minimum absolute atomic E-state index is 0.0799. The van der Waals surface area contributed by atoms with Crippen LogP contribution < -0.4 is 5.32 Å². The molecule has 4 heterocycles. The number of hydrogen-bond acceptors (Lipinski definition) is 4. The maximum Gasteiger partial charge on any atom is 0.333 e. The Morgan fingerprint density at radius 3 is 2.63 bits per heavy atom. The van der Waals surface area contributed by atoms with E-state index in [1.165, 1.54) is 12.4 Å². The minimum Gasteiger partial charge on any atom is -0.378 e. The zero-order valence-electron chi connectivity index (χ0n) is 16.5. The summed E-state index contributed by atoms with van der Waals surface area (Å²) in [6.07, 6.45) is 6.04. The second-order valence-corrected chi connectivity index (χ2v) is 8.04. The molecule has 158 valence electrons. The summed E-state index contributed by atoms with van der Waals surface area (Å²) in [5.41, 5.74) is 1.78. The van der Waals surface area contributed by atoms with Crippen LogP contribution in [0.5, 0.6) is 0 Å². The monoisotopic (exact) mass is 415 g/mol. The number of alkyl halides is 2. The fourth-order valence-corrected chi connectivity index (χ4v) is 4.61. The summed E-state index contributed by atoms with van der Waals surface area (Å²) in [6, 6.07) is 8.16. The first-order valence-corrected chi connectivity index (χ1v) is 10.0. The van der Waals surface area contributed by atoms with Crippen molar-refractivity contribution < 1.29 is 18.3 Å². The lowest BCUT2D eigenvalue weighted by Gasteiger charge is -2.46. The Labute approximate surface area is 172 Å². The van der Waals surface area contributed by atoms with Crippen LogP contribution in [0, 0.1) is 0 Å². The lowest BCUT2D eigenvalue weighted by atomic mass is 9.90. The highest BCUT2D eigenvalue weighted by Gasteiger charge is 2.37. The van der Waals surface area contributed by atoms with Gasteiger partial charge >= 0.3 is 6.55 Å². The van der Waals surface area contributed by atoms with Gasteiger partial charge < -0.3 is 14.6 Å². The van der Waals surface area contributed by atoms with Crippen molar-refractivity contribution in [1.82, 2.24) is 24.6 Å². The Bertz CT molecular complexity index is 1060. The molecule has 1 N–H and O–H groups in total. The number of para-hydroxylation sites is 1. The first kappa shape index (κ1) is 19.2. The van der Waals surface area contributed by atoms with Gasteiger partial charge in [-0.2, -0.15) is 13.9 Å². The van der Waals surface area contributed by atoms with Gasteiger partial charge in [-0.05, 0) is 26.0 Å². The number of carbonyl (C=O) groups excluding carboxylic acids is 1. The summed E-state index contributed by atoms with van der Waals surface area (Å²) < 4.78 is 33.9. The van der Waals surface area contributed by atoms with Gasteiger partial charge in [-0.25, -0.2) is 4.68 Å². The molecule has 2 saturated heterocycles. The SMILES string of the molecule is CN1[C@@H]2COC[C@H]1C[C@@H](NC(=O)c1cn(-c3cnn(C(F)F)c3)c3ccccc13)C2. The molecule has 3 aromatic rings. The van der Waals surface area contributed by atoms with Crippen molar-refractivity contribution >= 4 is 16.8 Å². The average Bonchev–Trinajstić information content (AvgIpc) is 3.34. The van der Waals surface area contributed by atoms with Crippen LogP contribution in [0.4, 0.5) is 8.78 Å². The normalized spacial score (nSPS) is 24.5. The summed E-state index contributed by atoms with van der Waals surface area (Å²) >= 11 is 0. The molecule has 30 heavy (non-hydrogen) atoms. The maximum absolute atomic E-state index is 13.2. The molecule has 2 bridgehead atoms. The number of nitrogens with one attached hydrogen (secondary N) is 1. The summed E-state index contributed by atoms with van der Waals surface area (Å²) in [7, 11) is 2.11. The van der Waals surface area contributed by atoms with Crippen LogP contribution in [0.1, 0.15) is 29.7 Å². The van der Waals surface area contributed by atoms with Crippen LogP contribution in [0.3, 0.4) is 0 Å². The Morgan fingerprint density at radius 1 is 1.20 bits per heavy atom. The number of halogens is 2. The van der Waals surface area contributed by atoms with Crippen molar-refractivity contribution in [3.8, 4) is 5.69 Å². The van der Waals surface area contributed by atoms with E-state index in [2.05, 4.69) is 22.4 Å². The molecule has 0 unspecified atom stereocenters. The summed E-state index contributed by atoms with van der Waals surface area (Å²) in [5, 5.41) is 7.68. The molecule has 7 nitrogen and oxygen atoms in total. The van der Waals surface area contributed by atoms with E-state index in [0.717, 1.165) is 23.7 Å². The van der Waals surface area contributed by atoms with E-state index >= 15 is 0 Å². The van der Waals surface area contributed by atoms with E-state index in [1.807, 2.05) is 24.3 Å². The topological polar surface area (TPSA) is 64.3 Å². The number of rotatable bonds is 4. The van der Waals surface area contributed by atoms with Crippen LogP contribution in [-0.4, -0.2) is 63.5 Å². The molecular formula is C21H23F2N5O2. The summed E-state index contributed by atoms with van der Waals surface area (Å²) in [4.78, 5) is 15.5. The van der Waals surface area contributed by atoms with Crippen molar-refractivity contribution in [2.24, 2.45) is 0 Å². The number of ether oxygens (including phenoxy) is 1. The molecule has 0 aliphatic carbocycles. The average molecular weight is 415 g/mol. The highest BCUT2D eigenvalue weighted by atomic mass is 19.3. The molecule has 2 fully saturated rings. The molecule has 1 aromatic carbocycles.